The molecule has 0 spiro atoms. The minimum atomic E-state index is -0.768. The fraction of sp³-hybridized carbons (Fsp3) is 0.462. The Morgan fingerprint density at radius 2 is 1.95 bits per heavy atom. The van der Waals surface area contributed by atoms with Crippen LogP contribution in [-0.4, -0.2) is 66.5 Å². The molecular weight excluding hydrogens is 265 g/mol. The maximum Gasteiger partial charge on any atom is 0.258 e. The van der Waals surface area contributed by atoms with Crippen LogP contribution in [0.1, 0.15) is 10.4 Å². The quantitative estimate of drug-likeness (QED) is 0.740. The van der Waals surface area contributed by atoms with Gasteiger partial charge in [0.1, 0.15) is 6.61 Å². The van der Waals surface area contributed by atoms with Gasteiger partial charge in [0.05, 0.1) is 5.56 Å². The van der Waals surface area contributed by atoms with Crippen LogP contribution in [0.2, 0.25) is 0 Å². The van der Waals surface area contributed by atoms with Crippen molar-refractivity contribution in [3.05, 3.63) is 29.8 Å². The monoisotopic (exact) mass is 281 g/mol. The highest BCUT2D eigenvalue weighted by Crippen LogP contribution is 2.10. The second kappa shape index (κ2) is 6.42. The summed E-state index contributed by atoms with van der Waals surface area (Å²) in [6, 6.07) is 2.93. The van der Waals surface area contributed by atoms with E-state index < -0.39 is 11.9 Å². The zero-order valence-electron chi connectivity index (χ0n) is 11.2. The lowest BCUT2D eigenvalue weighted by atomic mass is 10.2. The minimum Gasteiger partial charge on any atom is -0.375 e. The first-order valence-corrected chi connectivity index (χ1v) is 6.30. The molecule has 1 aromatic rings. The van der Waals surface area contributed by atoms with E-state index >= 15 is 0 Å². The van der Waals surface area contributed by atoms with Gasteiger partial charge in [-0.3, -0.25) is 9.59 Å². The van der Waals surface area contributed by atoms with Crippen molar-refractivity contribution in [3.8, 4) is 0 Å². The largest absolute Gasteiger partial charge is 0.375 e. The Morgan fingerprint density at radius 3 is 2.55 bits per heavy atom. The van der Waals surface area contributed by atoms with Gasteiger partial charge in [-0.05, 0) is 12.1 Å². The number of carbonyl (C=O) groups is 2. The Morgan fingerprint density at radius 1 is 1.30 bits per heavy atom. The number of halogens is 1. The molecule has 0 bridgehead atoms. The third kappa shape index (κ3) is 3.11. The molecule has 0 atom stereocenters. The zero-order chi connectivity index (χ0) is 14.5. The van der Waals surface area contributed by atoms with Crippen molar-refractivity contribution in [1.82, 2.24) is 14.8 Å². The van der Waals surface area contributed by atoms with Crippen molar-refractivity contribution in [3.63, 3.8) is 0 Å². The number of hydrogen-bond acceptors (Lipinski definition) is 4. The van der Waals surface area contributed by atoms with Crippen LogP contribution in [0.4, 0.5) is 4.39 Å². The Kier molecular flexibility index (Phi) is 4.62. The smallest absolute Gasteiger partial charge is 0.258 e. The molecule has 2 rings (SSSR count). The molecule has 0 unspecified atom stereocenters. The Hall–Kier alpha value is -2.02. The number of carbonyl (C=O) groups excluding carboxylic acids is 2. The number of nitrogens with zero attached hydrogens (tertiary/aromatic N) is 3. The Bertz CT molecular complexity index is 501. The van der Waals surface area contributed by atoms with E-state index in [0.717, 1.165) is 0 Å². The van der Waals surface area contributed by atoms with Gasteiger partial charge in [0.2, 0.25) is 11.9 Å². The molecule has 1 saturated heterocycles. The fourth-order valence-corrected chi connectivity index (χ4v) is 2.09. The lowest BCUT2D eigenvalue weighted by Crippen LogP contribution is -2.51. The number of pyridine rings is 1. The summed E-state index contributed by atoms with van der Waals surface area (Å²) in [6.45, 7) is 1.64. The van der Waals surface area contributed by atoms with E-state index in [1.165, 1.54) is 30.3 Å². The average Bonchev–Trinajstić information content (AvgIpc) is 2.47. The van der Waals surface area contributed by atoms with Crippen LogP contribution in [0.5, 0.6) is 0 Å². The number of amides is 2. The summed E-state index contributed by atoms with van der Waals surface area (Å²) < 4.78 is 18.2. The molecule has 0 aromatic carbocycles. The van der Waals surface area contributed by atoms with Crippen LogP contribution in [-0.2, 0) is 9.53 Å². The van der Waals surface area contributed by atoms with E-state index in [1.54, 1.807) is 4.90 Å². The second-order valence-electron chi connectivity index (χ2n) is 4.45. The van der Waals surface area contributed by atoms with Crippen molar-refractivity contribution >= 4 is 11.8 Å². The Balaban J connectivity index is 1.96. The molecule has 1 aliphatic rings. The van der Waals surface area contributed by atoms with E-state index in [4.69, 9.17) is 4.74 Å². The summed E-state index contributed by atoms with van der Waals surface area (Å²) in [5.74, 6) is -1.27. The number of aromatic nitrogens is 1. The summed E-state index contributed by atoms with van der Waals surface area (Å²) in [7, 11) is 1.46. The van der Waals surface area contributed by atoms with Crippen LogP contribution in [0, 0.1) is 5.95 Å². The first-order chi connectivity index (χ1) is 9.63. The molecule has 0 saturated carbocycles. The van der Waals surface area contributed by atoms with Crippen molar-refractivity contribution in [1.29, 1.82) is 0 Å². The second-order valence-corrected chi connectivity index (χ2v) is 4.45. The Labute approximate surface area is 116 Å². The third-order valence-corrected chi connectivity index (χ3v) is 3.18. The number of piperazine rings is 1. The number of rotatable bonds is 3. The molecule has 7 heteroatoms. The molecule has 2 heterocycles. The van der Waals surface area contributed by atoms with Gasteiger partial charge >= 0.3 is 0 Å². The molecule has 0 N–H and O–H groups in total. The van der Waals surface area contributed by atoms with Crippen LogP contribution in [0.25, 0.3) is 0 Å². The highest BCUT2D eigenvalue weighted by atomic mass is 19.1. The van der Waals surface area contributed by atoms with Crippen LogP contribution in [0.3, 0.4) is 0 Å². The zero-order valence-corrected chi connectivity index (χ0v) is 11.2. The molecule has 1 aromatic heterocycles. The summed E-state index contributed by atoms with van der Waals surface area (Å²) in [4.78, 5) is 30.4. The van der Waals surface area contributed by atoms with Crippen LogP contribution >= 0.6 is 0 Å². The number of hydrogen-bond donors (Lipinski definition) is 0. The summed E-state index contributed by atoms with van der Waals surface area (Å²) >= 11 is 0. The van der Waals surface area contributed by atoms with E-state index in [1.807, 2.05) is 0 Å². The average molecular weight is 281 g/mol. The first kappa shape index (κ1) is 14.4. The van der Waals surface area contributed by atoms with Crippen molar-refractivity contribution in [2.24, 2.45) is 0 Å². The minimum absolute atomic E-state index is 0.0329. The van der Waals surface area contributed by atoms with Gasteiger partial charge in [-0.1, -0.05) is 0 Å². The van der Waals surface area contributed by atoms with Crippen LogP contribution in [0.15, 0.2) is 18.3 Å². The lowest BCUT2D eigenvalue weighted by molar-refractivity contribution is -0.136. The molecule has 1 aliphatic heterocycles. The number of ether oxygens (including phenoxy) is 1. The van der Waals surface area contributed by atoms with Gasteiger partial charge in [0.25, 0.3) is 5.91 Å². The molecule has 6 nitrogen and oxygen atoms in total. The van der Waals surface area contributed by atoms with Gasteiger partial charge in [0, 0.05) is 39.5 Å². The summed E-state index contributed by atoms with van der Waals surface area (Å²) in [5.41, 5.74) is -0.0378. The standard InChI is InChI=1S/C13H16FN3O3/c1-20-9-11(18)16-5-7-17(8-6-16)13(19)10-3-2-4-15-12(10)14/h2-4H,5-9H2,1H3. The number of methoxy groups -OCH3 is 1. The van der Waals surface area contributed by atoms with E-state index in [0.29, 0.717) is 26.2 Å². The first-order valence-electron chi connectivity index (χ1n) is 6.30. The normalized spacial score (nSPS) is 15.3. The maximum atomic E-state index is 13.5. The summed E-state index contributed by atoms with van der Waals surface area (Å²) in [6.07, 6.45) is 1.30. The molecule has 1 fully saturated rings. The van der Waals surface area contributed by atoms with Crippen LogP contribution < -0.4 is 0 Å². The van der Waals surface area contributed by atoms with Gasteiger partial charge in [-0.25, -0.2) is 4.98 Å². The lowest BCUT2D eigenvalue weighted by Gasteiger charge is -2.34. The van der Waals surface area contributed by atoms with E-state index in [2.05, 4.69) is 4.98 Å². The molecular formula is C13H16FN3O3. The molecule has 108 valence electrons. The van der Waals surface area contributed by atoms with Gasteiger partial charge in [-0.2, -0.15) is 4.39 Å². The topological polar surface area (TPSA) is 62.7 Å². The predicted octanol–water partition coefficient (Wildman–Crippen LogP) is 0.151. The highest BCUT2D eigenvalue weighted by molar-refractivity contribution is 5.94. The predicted molar refractivity (Wildman–Crippen MR) is 68.6 cm³/mol. The van der Waals surface area contributed by atoms with Crippen molar-refractivity contribution < 1.29 is 18.7 Å². The van der Waals surface area contributed by atoms with E-state index in [9.17, 15) is 14.0 Å². The van der Waals surface area contributed by atoms with Gasteiger partial charge < -0.3 is 14.5 Å². The fourth-order valence-electron chi connectivity index (χ4n) is 2.09. The SMILES string of the molecule is COCC(=O)N1CCN(C(=O)c2cccnc2F)CC1. The maximum absolute atomic E-state index is 13.5. The van der Waals surface area contributed by atoms with Gasteiger partial charge in [0.15, 0.2) is 0 Å². The highest BCUT2D eigenvalue weighted by Gasteiger charge is 2.26. The van der Waals surface area contributed by atoms with Crippen molar-refractivity contribution in [2.45, 2.75) is 0 Å². The third-order valence-electron chi connectivity index (χ3n) is 3.18. The molecule has 0 aliphatic carbocycles. The van der Waals surface area contributed by atoms with E-state index in [-0.39, 0.29) is 18.1 Å². The van der Waals surface area contributed by atoms with Crippen molar-refractivity contribution in [2.75, 3.05) is 39.9 Å². The summed E-state index contributed by atoms with van der Waals surface area (Å²) in [5, 5.41) is 0. The molecule has 20 heavy (non-hydrogen) atoms. The molecule has 2 amide bonds. The van der Waals surface area contributed by atoms with Gasteiger partial charge in [-0.15, -0.1) is 0 Å². The molecule has 0 radical (unpaired) electrons.